The number of rotatable bonds is 3. The third-order valence-corrected chi connectivity index (χ3v) is 12.4. The Bertz CT molecular complexity index is 2590. The van der Waals surface area contributed by atoms with E-state index in [1.165, 1.54) is 0 Å². The van der Waals surface area contributed by atoms with Crippen LogP contribution in [0.2, 0.25) is 0 Å². The van der Waals surface area contributed by atoms with Crippen LogP contribution < -0.4 is 5.46 Å². The quantitative estimate of drug-likeness (QED) is 0.168. The molecule has 60 heavy (non-hydrogen) atoms. The zero-order valence-electron chi connectivity index (χ0n) is 36.4. The van der Waals surface area contributed by atoms with Crippen molar-refractivity contribution in [1.29, 1.82) is 0 Å². The highest BCUT2D eigenvalue weighted by molar-refractivity contribution is 9.10. The lowest BCUT2D eigenvalue weighted by Gasteiger charge is -2.32. The first kappa shape index (κ1) is 42.1. The Morgan fingerprint density at radius 3 is 1.62 bits per heavy atom. The number of amides is 2. The average molecular weight is 880 g/mol. The number of halogens is 1. The Morgan fingerprint density at radius 2 is 1.15 bits per heavy atom. The molecule has 0 saturated carbocycles. The summed E-state index contributed by atoms with van der Waals surface area (Å²) in [6, 6.07) is 20.6. The number of benzene rings is 4. The van der Waals surface area contributed by atoms with Gasteiger partial charge in [0.15, 0.2) is 0 Å². The smallest absolute Gasteiger partial charge is 0.444 e. The summed E-state index contributed by atoms with van der Waals surface area (Å²) in [5.41, 5.74) is 3.01. The normalized spacial score (nSPS) is 20.4. The number of ether oxygens (including phenoxy) is 2. The van der Waals surface area contributed by atoms with Crippen molar-refractivity contribution in [3.05, 3.63) is 76.8 Å². The number of nitrogens with zero attached hydrogens (tertiary/aromatic N) is 4. The van der Waals surface area contributed by atoms with E-state index in [1.807, 2.05) is 53.7 Å². The maximum Gasteiger partial charge on any atom is 0.494 e. The van der Waals surface area contributed by atoms with Crippen LogP contribution in [0.5, 0.6) is 0 Å². The van der Waals surface area contributed by atoms with Crippen LogP contribution in [0.1, 0.15) is 119 Å². The van der Waals surface area contributed by atoms with Gasteiger partial charge in [0.25, 0.3) is 0 Å². The first-order valence-corrected chi connectivity index (χ1v) is 21.8. The molecule has 3 aliphatic rings. The summed E-state index contributed by atoms with van der Waals surface area (Å²) in [6.45, 7) is 21.0. The fourth-order valence-corrected chi connectivity index (χ4v) is 8.63. The van der Waals surface area contributed by atoms with Gasteiger partial charge in [0.2, 0.25) is 0 Å². The molecule has 2 N–H and O–H groups in total. The largest absolute Gasteiger partial charge is 0.494 e. The van der Waals surface area contributed by atoms with Crippen LogP contribution in [0.3, 0.4) is 0 Å². The van der Waals surface area contributed by atoms with Crippen molar-refractivity contribution in [2.45, 2.75) is 129 Å². The highest BCUT2D eigenvalue weighted by atomic mass is 79.9. The second-order valence-corrected chi connectivity index (χ2v) is 20.2. The highest BCUT2D eigenvalue weighted by Gasteiger charge is 2.51. The molecule has 12 nitrogen and oxygen atoms in total. The zero-order chi connectivity index (χ0) is 42.9. The number of carbonyl (C=O) groups is 2. The van der Waals surface area contributed by atoms with E-state index >= 15 is 0 Å². The van der Waals surface area contributed by atoms with Gasteiger partial charge in [-0.2, -0.15) is 0 Å². The molecule has 6 aromatic rings. The van der Waals surface area contributed by atoms with E-state index in [0.29, 0.717) is 13.1 Å². The third-order valence-electron chi connectivity index (χ3n) is 11.9. The van der Waals surface area contributed by atoms with E-state index in [9.17, 15) is 9.59 Å². The van der Waals surface area contributed by atoms with Crippen molar-refractivity contribution in [2.75, 3.05) is 13.1 Å². The molecule has 3 aliphatic heterocycles. The number of carbonyl (C=O) groups excluding carboxylic acids is 2. The Hall–Kier alpha value is -4.66. The Balaban J connectivity index is 0.000000172. The highest BCUT2D eigenvalue weighted by Crippen LogP contribution is 2.38. The van der Waals surface area contributed by atoms with Crippen LogP contribution >= 0.6 is 15.9 Å². The Kier molecular flexibility index (Phi) is 10.8. The van der Waals surface area contributed by atoms with Gasteiger partial charge in [0, 0.05) is 28.3 Å². The summed E-state index contributed by atoms with van der Waals surface area (Å²) in [7, 11) is -0.402. The van der Waals surface area contributed by atoms with Gasteiger partial charge < -0.3 is 28.8 Å². The monoisotopic (exact) mass is 878 g/mol. The maximum absolute atomic E-state index is 12.8. The second-order valence-electron chi connectivity index (χ2n) is 19.3. The van der Waals surface area contributed by atoms with E-state index in [4.69, 9.17) is 28.8 Å². The molecule has 0 aliphatic carbocycles. The van der Waals surface area contributed by atoms with Crippen molar-refractivity contribution >= 4 is 84.3 Å². The molecule has 3 saturated heterocycles. The number of aromatic amines is 2. The van der Waals surface area contributed by atoms with Crippen molar-refractivity contribution in [1.82, 2.24) is 29.7 Å². The molecule has 0 bridgehead atoms. The van der Waals surface area contributed by atoms with Gasteiger partial charge in [-0.15, -0.1) is 0 Å². The van der Waals surface area contributed by atoms with Crippen LogP contribution in [0.15, 0.2) is 65.1 Å². The van der Waals surface area contributed by atoms with Crippen LogP contribution in [0.25, 0.3) is 43.6 Å². The molecular weight excluding hydrogens is 823 g/mol. The minimum absolute atomic E-state index is 0.0669. The molecule has 0 spiro atoms. The SMILES string of the molecule is CC(C)(C)OC(=O)N1CCC[C@H]1c1nc2c(ccc3cc(B4OC(C)(C)C(C)(C)O4)ccc32)[nH]1.CC(C)(C)OC(=O)N1CCC[C@H]1c1nc2c(ccc3cc(Br)ccc32)[nH]1. The van der Waals surface area contributed by atoms with Crippen LogP contribution in [0, 0.1) is 0 Å². The Morgan fingerprint density at radius 1 is 0.700 bits per heavy atom. The number of nitrogens with one attached hydrogen (secondary N) is 2. The maximum atomic E-state index is 12.8. The predicted molar refractivity (Wildman–Crippen MR) is 240 cm³/mol. The van der Waals surface area contributed by atoms with E-state index in [1.54, 1.807) is 9.80 Å². The molecule has 2 amide bonds. The number of aromatic nitrogens is 4. The number of imidazole rings is 2. The van der Waals surface area contributed by atoms with Crippen LogP contribution in [0.4, 0.5) is 9.59 Å². The van der Waals surface area contributed by atoms with Crippen molar-refractivity contribution in [3.63, 3.8) is 0 Å². The van der Waals surface area contributed by atoms with E-state index in [2.05, 4.69) is 102 Å². The average Bonchev–Trinajstić information content (AvgIpc) is 3.99. The topological polar surface area (TPSA) is 135 Å². The van der Waals surface area contributed by atoms with Crippen molar-refractivity contribution < 1.29 is 28.4 Å². The molecule has 9 rings (SSSR count). The minimum Gasteiger partial charge on any atom is -0.444 e. The number of hydrogen-bond acceptors (Lipinski definition) is 8. The molecule has 0 unspecified atom stereocenters. The summed E-state index contributed by atoms with van der Waals surface area (Å²) in [6.07, 6.45) is 3.08. The van der Waals surface area contributed by atoms with Crippen LogP contribution in [-0.4, -0.2) is 84.5 Å². The first-order chi connectivity index (χ1) is 28.2. The Labute approximate surface area is 360 Å². The lowest BCUT2D eigenvalue weighted by molar-refractivity contribution is 0.00578. The number of H-pyrrole nitrogens is 2. The number of likely N-dealkylation sites (tertiary alicyclic amines) is 2. The van der Waals surface area contributed by atoms with Gasteiger partial charge in [0.1, 0.15) is 22.9 Å². The van der Waals surface area contributed by atoms with Gasteiger partial charge in [-0.1, -0.05) is 52.3 Å². The summed E-state index contributed by atoms with van der Waals surface area (Å²) in [4.78, 5) is 45.6. The van der Waals surface area contributed by atoms with Gasteiger partial charge in [0.05, 0.1) is 45.4 Å². The van der Waals surface area contributed by atoms with Gasteiger partial charge in [-0.05, 0) is 135 Å². The number of fused-ring (bicyclic) bond motifs is 6. The molecule has 2 atom stereocenters. The molecule has 0 radical (unpaired) electrons. The van der Waals surface area contributed by atoms with Crippen molar-refractivity contribution in [3.8, 4) is 0 Å². The van der Waals surface area contributed by atoms with Gasteiger partial charge in [-0.3, -0.25) is 9.80 Å². The van der Waals surface area contributed by atoms with E-state index in [-0.39, 0.29) is 35.5 Å². The molecular formula is C46H56BBrN6O6. The molecule has 5 heterocycles. The summed E-state index contributed by atoms with van der Waals surface area (Å²) < 4.78 is 24.7. The van der Waals surface area contributed by atoms with Gasteiger partial charge >= 0.3 is 19.3 Å². The van der Waals surface area contributed by atoms with Crippen LogP contribution in [-0.2, 0) is 18.8 Å². The predicted octanol–water partition coefficient (Wildman–Crippen LogP) is 10.6. The number of hydrogen-bond donors (Lipinski definition) is 2. The molecule has 2 aromatic heterocycles. The van der Waals surface area contributed by atoms with E-state index < -0.39 is 18.3 Å². The third kappa shape index (κ3) is 8.35. The van der Waals surface area contributed by atoms with Crippen molar-refractivity contribution in [2.24, 2.45) is 0 Å². The molecule has 14 heteroatoms. The fraction of sp³-hybridized carbons (Fsp3) is 0.478. The lowest BCUT2D eigenvalue weighted by Crippen LogP contribution is -2.41. The summed E-state index contributed by atoms with van der Waals surface area (Å²) in [5, 5.41) is 4.38. The first-order valence-electron chi connectivity index (χ1n) is 21.0. The fourth-order valence-electron chi connectivity index (χ4n) is 8.25. The summed E-state index contributed by atoms with van der Waals surface area (Å²) in [5.74, 6) is 1.64. The molecule has 4 aromatic carbocycles. The van der Waals surface area contributed by atoms with Gasteiger partial charge in [-0.25, -0.2) is 19.6 Å². The molecule has 3 fully saturated rings. The zero-order valence-corrected chi connectivity index (χ0v) is 38.0. The van der Waals surface area contributed by atoms with E-state index in [0.717, 1.165) is 90.9 Å². The minimum atomic E-state index is -0.525. The molecule has 316 valence electrons. The second kappa shape index (κ2) is 15.4. The standard InChI is InChI=1S/C26H34BN3O4.C20H22BrN3O2/c1-24(2,3)32-23(31)30-14-8-9-20(30)22-28-19-13-10-16-15-17(11-12-18(16)21(19)29-22)27-33-25(4,5)26(6,7)34-27;1-20(2,3)26-19(25)24-10-4-5-16(24)18-22-15-9-6-12-11-13(21)7-8-14(12)17(15)23-18/h10-13,15,20H,8-9,14H2,1-7H3,(H,28,29);6-9,11,16H,4-5,10H2,1-3H3,(H,22,23)/t20-;16-/m00/s1. The lowest BCUT2D eigenvalue weighted by atomic mass is 9.78. The summed E-state index contributed by atoms with van der Waals surface area (Å²) >= 11 is 3.52.